The molecule has 1 N–H and O–H groups in total. The van der Waals surface area contributed by atoms with Gasteiger partial charge >= 0.3 is 5.97 Å². The SMILES string of the molecule is Cc1cc(Cc2nocc2C(=O)O)ccc1F. The first-order chi connectivity index (χ1) is 8.08. The third kappa shape index (κ3) is 2.33. The zero-order chi connectivity index (χ0) is 12.4. The van der Waals surface area contributed by atoms with Crippen LogP contribution in [0.1, 0.15) is 27.2 Å². The third-order valence-corrected chi connectivity index (χ3v) is 2.47. The Bertz CT molecular complexity index is 563. The molecule has 17 heavy (non-hydrogen) atoms. The Morgan fingerprint density at radius 1 is 1.53 bits per heavy atom. The summed E-state index contributed by atoms with van der Waals surface area (Å²) >= 11 is 0. The Labute approximate surface area is 96.7 Å². The van der Waals surface area contributed by atoms with E-state index >= 15 is 0 Å². The van der Waals surface area contributed by atoms with Crippen LogP contribution in [-0.2, 0) is 6.42 Å². The van der Waals surface area contributed by atoms with Crippen molar-refractivity contribution < 1.29 is 18.8 Å². The number of carboxylic acids is 1. The zero-order valence-electron chi connectivity index (χ0n) is 9.11. The summed E-state index contributed by atoms with van der Waals surface area (Å²) in [5.41, 5.74) is 1.68. The summed E-state index contributed by atoms with van der Waals surface area (Å²) in [5, 5.41) is 12.5. The van der Waals surface area contributed by atoms with E-state index in [1.54, 1.807) is 19.1 Å². The van der Waals surface area contributed by atoms with E-state index in [4.69, 9.17) is 5.11 Å². The Balaban J connectivity index is 2.28. The molecule has 1 aromatic heterocycles. The molecular formula is C12H10FNO3. The molecule has 0 saturated carbocycles. The first-order valence-corrected chi connectivity index (χ1v) is 4.99. The molecule has 2 aromatic rings. The van der Waals surface area contributed by atoms with E-state index < -0.39 is 5.97 Å². The molecule has 0 spiro atoms. The highest BCUT2D eigenvalue weighted by molar-refractivity contribution is 5.88. The van der Waals surface area contributed by atoms with Crippen LogP contribution >= 0.6 is 0 Å². The van der Waals surface area contributed by atoms with Gasteiger partial charge in [-0.3, -0.25) is 0 Å². The highest BCUT2D eigenvalue weighted by Crippen LogP contribution is 2.15. The normalized spacial score (nSPS) is 10.5. The number of benzene rings is 1. The number of aromatic nitrogens is 1. The molecular weight excluding hydrogens is 225 g/mol. The van der Waals surface area contributed by atoms with E-state index in [0.29, 0.717) is 17.7 Å². The van der Waals surface area contributed by atoms with Gasteiger partial charge in [0.15, 0.2) is 0 Å². The van der Waals surface area contributed by atoms with Crippen molar-refractivity contribution in [2.45, 2.75) is 13.3 Å². The molecule has 4 nitrogen and oxygen atoms in total. The van der Waals surface area contributed by atoms with Gasteiger partial charge in [-0.05, 0) is 24.1 Å². The highest BCUT2D eigenvalue weighted by Gasteiger charge is 2.15. The van der Waals surface area contributed by atoms with E-state index in [1.165, 1.54) is 6.07 Å². The Kier molecular flexibility index (Phi) is 2.91. The van der Waals surface area contributed by atoms with Crippen molar-refractivity contribution >= 4 is 5.97 Å². The minimum Gasteiger partial charge on any atom is -0.478 e. The fraction of sp³-hybridized carbons (Fsp3) is 0.167. The number of aryl methyl sites for hydroxylation is 1. The predicted molar refractivity (Wildman–Crippen MR) is 57.4 cm³/mol. The quantitative estimate of drug-likeness (QED) is 0.887. The van der Waals surface area contributed by atoms with Crippen LogP contribution in [0.3, 0.4) is 0 Å². The van der Waals surface area contributed by atoms with Crippen molar-refractivity contribution in [3.63, 3.8) is 0 Å². The molecule has 5 heteroatoms. The lowest BCUT2D eigenvalue weighted by Gasteiger charge is -2.01. The van der Waals surface area contributed by atoms with Crippen molar-refractivity contribution in [3.8, 4) is 0 Å². The van der Waals surface area contributed by atoms with Gasteiger partial charge in [0.2, 0.25) is 0 Å². The Hall–Kier alpha value is -2.17. The lowest BCUT2D eigenvalue weighted by atomic mass is 10.0. The molecule has 0 aliphatic heterocycles. The van der Waals surface area contributed by atoms with Gasteiger partial charge in [0.05, 0.1) is 0 Å². The van der Waals surface area contributed by atoms with Gasteiger partial charge in [-0.15, -0.1) is 0 Å². The number of halogens is 1. The fourth-order valence-corrected chi connectivity index (χ4v) is 1.57. The molecule has 0 bridgehead atoms. The summed E-state index contributed by atoms with van der Waals surface area (Å²) in [7, 11) is 0. The van der Waals surface area contributed by atoms with Crippen molar-refractivity contribution in [2.24, 2.45) is 0 Å². The van der Waals surface area contributed by atoms with Crippen molar-refractivity contribution in [2.75, 3.05) is 0 Å². The Morgan fingerprint density at radius 3 is 2.94 bits per heavy atom. The van der Waals surface area contributed by atoms with Crippen molar-refractivity contribution in [1.82, 2.24) is 5.16 Å². The van der Waals surface area contributed by atoms with E-state index in [9.17, 15) is 9.18 Å². The molecule has 0 saturated heterocycles. The van der Waals surface area contributed by atoms with Gasteiger partial charge in [0.25, 0.3) is 0 Å². The number of carbonyl (C=O) groups is 1. The largest absolute Gasteiger partial charge is 0.478 e. The first kappa shape index (κ1) is 11.3. The van der Waals surface area contributed by atoms with Crippen LogP contribution in [-0.4, -0.2) is 16.2 Å². The lowest BCUT2D eigenvalue weighted by molar-refractivity contribution is 0.0695. The fourth-order valence-electron chi connectivity index (χ4n) is 1.57. The molecule has 1 heterocycles. The van der Waals surface area contributed by atoms with Crippen LogP contribution in [0.4, 0.5) is 4.39 Å². The maximum absolute atomic E-state index is 13.1. The third-order valence-electron chi connectivity index (χ3n) is 2.47. The van der Waals surface area contributed by atoms with Gasteiger partial charge in [0, 0.05) is 6.42 Å². The second-order valence-electron chi connectivity index (χ2n) is 3.74. The standard InChI is InChI=1S/C12H10FNO3/c1-7-4-8(2-3-10(7)13)5-11-9(12(15)16)6-17-14-11/h2-4,6H,5H2,1H3,(H,15,16). The predicted octanol–water partition coefficient (Wildman–Crippen LogP) is 2.41. The van der Waals surface area contributed by atoms with Gasteiger partial charge in [-0.2, -0.15) is 0 Å². The van der Waals surface area contributed by atoms with Gasteiger partial charge in [-0.25, -0.2) is 9.18 Å². The number of rotatable bonds is 3. The maximum atomic E-state index is 13.1. The molecule has 1 aromatic carbocycles. The zero-order valence-corrected chi connectivity index (χ0v) is 9.11. The van der Waals surface area contributed by atoms with E-state index in [2.05, 4.69) is 9.68 Å². The van der Waals surface area contributed by atoms with Crippen LogP contribution in [0.5, 0.6) is 0 Å². The van der Waals surface area contributed by atoms with Crippen LogP contribution in [0.15, 0.2) is 29.0 Å². The second kappa shape index (κ2) is 4.37. The molecule has 0 unspecified atom stereocenters. The summed E-state index contributed by atoms with van der Waals surface area (Å²) in [5.74, 6) is -1.37. The molecule has 0 radical (unpaired) electrons. The minimum absolute atomic E-state index is 0.0342. The molecule has 0 atom stereocenters. The summed E-state index contributed by atoms with van der Waals surface area (Å²) in [6.45, 7) is 1.65. The molecule has 2 rings (SSSR count). The molecule has 0 amide bonds. The molecule has 0 aliphatic rings. The number of hydrogen-bond acceptors (Lipinski definition) is 3. The summed E-state index contributed by atoms with van der Waals surface area (Å²) in [6, 6.07) is 4.61. The van der Waals surface area contributed by atoms with E-state index in [1.807, 2.05) is 0 Å². The first-order valence-electron chi connectivity index (χ1n) is 4.99. The molecule has 0 fully saturated rings. The summed E-state index contributed by atoms with van der Waals surface area (Å²) < 4.78 is 17.7. The van der Waals surface area contributed by atoms with E-state index in [0.717, 1.165) is 11.8 Å². The van der Waals surface area contributed by atoms with Crippen LogP contribution < -0.4 is 0 Å². The van der Waals surface area contributed by atoms with Gasteiger partial charge in [-0.1, -0.05) is 17.3 Å². The maximum Gasteiger partial charge on any atom is 0.340 e. The van der Waals surface area contributed by atoms with Crippen LogP contribution in [0.2, 0.25) is 0 Å². The topological polar surface area (TPSA) is 63.3 Å². The summed E-state index contributed by atoms with van der Waals surface area (Å²) in [4.78, 5) is 10.8. The molecule has 0 aliphatic carbocycles. The van der Waals surface area contributed by atoms with Gasteiger partial charge < -0.3 is 9.63 Å². The van der Waals surface area contributed by atoms with E-state index in [-0.39, 0.29) is 11.4 Å². The highest BCUT2D eigenvalue weighted by atomic mass is 19.1. The number of carboxylic acid groups (broad SMARTS) is 1. The monoisotopic (exact) mass is 235 g/mol. The van der Waals surface area contributed by atoms with Crippen LogP contribution in [0, 0.1) is 12.7 Å². The minimum atomic E-state index is -1.08. The van der Waals surface area contributed by atoms with Gasteiger partial charge in [0.1, 0.15) is 23.3 Å². The van der Waals surface area contributed by atoms with Crippen molar-refractivity contribution in [3.05, 3.63) is 52.7 Å². The average Bonchev–Trinajstić information content (AvgIpc) is 2.72. The summed E-state index contributed by atoms with van der Waals surface area (Å²) in [6.07, 6.45) is 1.40. The number of aromatic carboxylic acids is 1. The van der Waals surface area contributed by atoms with Crippen molar-refractivity contribution in [1.29, 1.82) is 0 Å². The number of hydrogen-bond donors (Lipinski definition) is 1. The lowest BCUT2D eigenvalue weighted by Crippen LogP contribution is -2.01. The Morgan fingerprint density at radius 2 is 2.29 bits per heavy atom. The van der Waals surface area contributed by atoms with Crippen LogP contribution in [0.25, 0.3) is 0 Å². The smallest absolute Gasteiger partial charge is 0.340 e. The second-order valence-corrected chi connectivity index (χ2v) is 3.74. The number of nitrogens with zero attached hydrogens (tertiary/aromatic N) is 1. The molecule has 88 valence electrons. The average molecular weight is 235 g/mol.